The molecule has 144 valence electrons. The maximum absolute atomic E-state index is 13.2. The van der Waals surface area contributed by atoms with Crippen molar-refractivity contribution in [3.05, 3.63) is 53.2 Å². The number of aryl methyl sites for hydroxylation is 1. The summed E-state index contributed by atoms with van der Waals surface area (Å²) in [6.45, 7) is -2.90. The SMILES string of the molecule is CN(C)c1ccnc2c1c1ncn(-c3ccc(OC(F)F)cc3)c(=O)c1n2C. The molecule has 0 atom stereocenters. The lowest BCUT2D eigenvalue weighted by atomic mass is 10.2. The minimum Gasteiger partial charge on any atom is -0.435 e. The number of aromatic nitrogens is 4. The number of rotatable bonds is 4. The number of hydrogen-bond acceptors (Lipinski definition) is 5. The van der Waals surface area contributed by atoms with Gasteiger partial charge in [0.25, 0.3) is 5.56 Å². The molecular weight excluding hydrogens is 368 g/mol. The van der Waals surface area contributed by atoms with Gasteiger partial charge in [-0.3, -0.25) is 9.36 Å². The van der Waals surface area contributed by atoms with Gasteiger partial charge >= 0.3 is 6.61 Å². The van der Waals surface area contributed by atoms with Crippen LogP contribution in [-0.2, 0) is 7.05 Å². The lowest BCUT2D eigenvalue weighted by Crippen LogP contribution is -2.20. The van der Waals surface area contributed by atoms with E-state index in [1.807, 2.05) is 25.1 Å². The smallest absolute Gasteiger partial charge is 0.387 e. The number of hydrogen-bond donors (Lipinski definition) is 0. The number of nitrogens with zero attached hydrogens (tertiary/aromatic N) is 5. The Kier molecular flexibility index (Phi) is 4.21. The Bertz CT molecular complexity index is 1230. The van der Waals surface area contributed by atoms with Gasteiger partial charge in [-0.25, -0.2) is 9.97 Å². The minimum absolute atomic E-state index is 0.0188. The second-order valence-corrected chi connectivity index (χ2v) is 6.47. The van der Waals surface area contributed by atoms with Crippen molar-refractivity contribution in [3.8, 4) is 11.4 Å². The van der Waals surface area contributed by atoms with E-state index in [0.717, 1.165) is 11.1 Å². The van der Waals surface area contributed by atoms with Gasteiger partial charge < -0.3 is 14.2 Å². The molecule has 3 aromatic heterocycles. The van der Waals surface area contributed by atoms with Crippen LogP contribution in [0, 0.1) is 0 Å². The largest absolute Gasteiger partial charge is 0.435 e. The van der Waals surface area contributed by atoms with Crippen LogP contribution in [0.1, 0.15) is 0 Å². The number of benzene rings is 1. The molecule has 0 unspecified atom stereocenters. The lowest BCUT2D eigenvalue weighted by Gasteiger charge is -2.13. The number of fused-ring (bicyclic) bond motifs is 3. The number of halogens is 2. The molecule has 1 aromatic carbocycles. The van der Waals surface area contributed by atoms with E-state index in [0.29, 0.717) is 22.4 Å². The first-order valence-corrected chi connectivity index (χ1v) is 8.46. The fraction of sp³-hybridized carbons (Fsp3) is 0.211. The Balaban J connectivity index is 1.93. The summed E-state index contributed by atoms with van der Waals surface area (Å²) in [5, 5.41) is 0.801. The van der Waals surface area contributed by atoms with Gasteiger partial charge in [0.2, 0.25) is 0 Å². The Morgan fingerprint density at radius 1 is 1.11 bits per heavy atom. The predicted molar refractivity (Wildman–Crippen MR) is 103 cm³/mol. The van der Waals surface area contributed by atoms with Crippen LogP contribution in [-0.4, -0.2) is 39.8 Å². The van der Waals surface area contributed by atoms with Crippen molar-refractivity contribution in [3.63, 3.8) is 0 Å². The second-order valence-electron chi connectivity index (χ2n) is 6.47. The molecule has 0 saturated carbocycles. The van der Waals surface area contributed by atoms with E-state index >= 15 is 0 Å². The molecular formula is C19H17F2N5O2. The molecule has 0 N–H and O–H groups in total. The van der Waals surface area contributed by atoms with Crippen molar-refractivity contribution >= 4 is 27.8 Å². The summed E-state index contributed by atoms with van der Waals surface area (Å²) >= 11 is 0. The van der Waals surface area contributed by atoms with Crippen molar-refractivity contribution in [2.45, 2.75) is 6.61 Å². The molecule has 0 radical (unpaired) electrons. The third kappa shape index (κ3) is 2.75. The normalized spacial score (nSPS) is 11.5. The summed E-state index contributed by atoms with van der Waals surface area (Å²) in [6.07, 6.45) is 3.12. The fourth-order valence-corrected chi connectivity index (χ4v) is 3.30. The highest BCUT2D eigenvalue weighted by Gasteiger charge is 2.19. The van der Waals surface area contributed by atoms with Crippen molar-refractivity contribution in [2.24, 2.45) is 7.05 Å². The van der Waals surface area contributed by atoms with Crippen LogP contribution < -0.4 is 15.2 Å². The first-order valence-electron chi connectivity index (χ1n) is 8.46. The van der Waals surface area contributed by atoms with Gasteiger partial charge in [-0.05, 0) is 30.3 Å². The molecule has 0 saturated heterocycles. The summed E-state index contributed by atoms with van der Waals surface area (Å²) in [5.74, 6) is 0.0188. The predicted octanol–water partition coefficient (Wildman–Crippen LogP) is 2.94. The zero-order chi connectivity index (χ0) is 20.0. The van der Waals surface area contributed by atoms with E-state index in [1.54, 1.807) is 17.8 Å². The van der Waals surface area contributed by atoms with Crippen LogP contribution in [0.2, 0.25) is 0 Å². The molecule has 0 aliphatic carbocycles. The van der Waals surface area contributed by atoms with Gasteiger partial charge in [0.15, 0.2) is 0 Å². The number of pyridine rings is 1. The summed E-state index contributed by atoms with van der Waals surface area (Å²) in [4.78, 5) is 24.0. The van der Waals surface area contributed by atoms with Gasteiger partial charge in [-0.2, -0.15) is 8.78 Å². The highest BCUT2D eigenvalue weighted by atomic mass is 19.3. The van der Waals surface area contributed by atoms with Gasteiger partial charge in [0.05, 0.1) is 16.8 Å². The highest BCUT2D eigenvalue weighted by Crippen LogP contribution is 2.31. The Morgan fingerprint density at radius 2 is 1.82 bits per heavy atom. The van der Waals surface area contributed by atoms with E-state index < -0.39 is 6.61 Å². The standard InChI is InChI=1S/C19H17F2N5O2/c1-24(2)13-8-9-22-17-14(13)15-16(25(17)3)18(27)26(10-23-15)11-4-6-12(7-5-11)28-19(20)21/h4-10,19H,1-3H3. The minimum atomic E-state index is -2.90. The molecule has 9 heteroatoms. The van der Waals surface area contributed by atoms with Crippen molar-refractivity contribution < 1.29 is 13.5 Å². The fourth-order valence-electron chi connectivity index (χ4n) is 3.30. The molecule has 0 spiro atoms. The van der Waals surface area contributed by atoms with E-state index in [-0.39, 0.29) is 11.3 Å². The topological polar surface area (TPSA) is 65.2 Å². The summed E-state index contributed by atoms with van der Waals surface area (Å²) in [7, 11) is 5.60. The van der Waals surface area contributed by atoms with E-state index in [4.69, 9.17) is 0 Å². The Labute approximate surface area is 158 Å². The summed E-state index contributed by atoms with van der Waals surface area (Å²) in [5.41, 5.74) is 2.75. The average Bonchev–Trinajstić information content (AvgIpc) is 2.96. The zero-order valence-corrected chi connectivity index (χ0v) is 15.4. The molecule has 0 fully saturated rings. The van der Waals surface area contributed by atoms with E-state index in [2.05, 4.69) is 14.7 Å². The second kappa shape index (κ2) is 6.59. The van der Waals surface area contributed by atoms with Crippen molar-refractivity contribution in [1.29, 1.82) is 0 Å². The third-order valence-corrected chi connectivity index (χ3v) is 4.57. The molecule has 28 heavy (non-hydrogen) atoms. The molecule has 0 bridgehead atoms. The van der Waals surface area contributed by atoms with Crippen LogP contribution >= 0.6 is 0 Å². The van der Waals surface area contributed by atoms with Gasteiger partial charge in [0, 0.05) is 27.3 Å². The van der Waals surface area contributed by atoms with E-state index in [9.17, 15) is 13.6 Å². The van der Waals surface area contributed by atoms with Crippen LogP contribution in [0.3, 0.4) is 0 Å². The Morgan fingerprint density at radius 3 is 2.46 bits per heavy atom. The van der Waals surface area contributed by atoms with Crippen molar-refractivity contribution in [1.82, 2.24) is 19.1 Å². The number of ether oxygens (including phenoxy) is 1. The molecule has 3 heterocycles. The third-order valence-electron chi connectivity index (χ3n) is 4.57. The summed E-state index contributed by atoms with van der Waals surface area (Å²) < 4.78 is 32.1. The first-order chi connectivity index (χ1) is 13.4. The van der Waals surface area contributed by atoms with Gasteiger partial charge in [0.1, 0.15) is 28.8 Å². The molecule has 0 aliphatic rings. The van der Waals surface area contributed by atoms with Crippen LogP contribution in [0.4, 0.5) is 14.5 Å². The van der Waals surface area contributed by atoms with E-state index in [1.165, 1.54) is 35.2 Å². The molecule has 0 amide bonds. The van der Waals surface area contributed by atoms with Crippen LogP contribution in [0.5, 0.6) is 5.75 Å². The lowest BCUT2D eigenvalue weighted by molar-refractivity contribution is -0.0498. The quantitative estimate of drug-likeness (QED) is 0.540. The zero-order valence-electron chi connectivity index (χ0n) is 15.4. The molecule has 4 rings (SSSR count). The monoisotopic (exact) mass is 385 g/mol. The highest BCUT2D eigenvalue weighted by molar-refractivity contribution is 6.10. The Hall–Kier alpha value is -3.49. The average molecular weight is 385 g/mol. The van der Waals surface area contributed by atoms with Gasteiger partial charge in [-0.15, -0.1) is 0 Å². The maximum atomic E-state index is 13.2. The number of alkyl halides is 2. The first kappa shape index (κ1) is 17.9. The van der Waals surface area contributed by atoms with Crippen LogP contribution in [0.15, 0.2) is 47.7 Å². The molecule has 0 aliphatic heterocycles. The summed E-state index contributed by atoms with van der Waals surface area (Å²) in [6, 6.07) is 7.69. The molecule has 4 aromatic rings. The maximum Gasteiger partial charge on any atom is 0.387 e. The van der Waals surface area contributed by atoms with Gasteiger partial charge in [-0.1, -0.05) is 0 Å². The molecule has 7 nitrogen and oxygen atoms in total. The van der Waals surface area contributed by atoms with Crippen LogP contribution in [0.25, 0.3) is 27.8 Å². The number of anilines is 1. The van der Waals surface area contributed by atoms with Crippen molar-refractivity contribution in [2.75, 3.05) is 19.0 Å².